The zero-order valence-corrected chi connectivity index (χ0v) is 11.0. The number of aliphatic hydroxyl groups is 1. The average Bonchev–Trinajstić information content (AvgIpc) is 2.60. The predicted octanol–water partition coefficient (Wildman–Crippen LogP) is 2.16. The van der Waals surface area contributed by atoms with Crippen molar-refractivity contribution in [2.24, 2.45) is 5.92 Å². The molecular weight excluding hydrogens is 218 g/mol. The summed E-state index contributed by atoms with van der Waals surface area (Å²) in [7, 11) is 0. The van der Waals surface area contributed by atoms with E-state index >= 15 is 0 Å². The second-order valence-corrected chi connectivity index (χ2v) is 6.19. The summed E-state index contributed by atoms with van der Waals surface area (Å²) in [6, 6.07) is 0.189. The van der Waals surface area contributed by atoms with E-state index < -0.39 is 5.60 Å². The third kappa shape index (κ3) is 2.73. The van der Waals surface area contributed by atoms with Gasteiger partial charge in [-0.15, -0.1) is 0 Å². The standard InChI is InChI=1S/C13H23NO3/c1-13(2,3)17-12(16)14-8-7-9-10(14)5-4-6-11(9)15/h9-11,15H,4-8H2,1-3H3/t9-,10+,11+/m0/s1. The van der Waals surface area contributed by atoms with Gasteiger partial charge in [0.2, 0.25) is 0 Å². The van der Waals surface area contributed by atoms with Crippen molar-refractivity contribution in [2.75, 3.05) is 6.54 Å². The summed E-state index contributed by atoms with van der Waals surface area (Å²) in [6.45, 7) is 6.37. The molecule has 98 valence electrons. The number of hydrogen-bond acceptors (Lipinski definition) is 3. The van der Waals surface area contributed by atoms with E-state index in [4.69, 9.17) is 4.74 Å². The molecule has 2 fully saturated rings. The Morgan fingerprint density at radius 2 is 2.00 bits per heavy atom. The molecule has 0 aromatic heterocycles. The second-order valence-electron chi connectivity index (χ2n) is 6.19. The molecule has 2 aliphatic rings. The largest absolute Gasteiger partial charge is 0.444 e. The van der Waals surface area contributed by atoms with Crippen molar-refractivity contribution in [3.05, 3.63) is 0 Å². The van der Waals surface area contributed by atoms with E-state index in [2.05, 4.69) is 0 Å². The zero-order chi connectivity index (χ0) is 12.6. The van der Waals surface area contributed by atoms with Crippen molar-refractivity contribution >= 4 is 6.09 Å². The van der Waals surface area contributed by atoms with E-state index in [1.807, 2.05) is 25.7 Å². The Morgan fingerprint density at radius 3 is 2.65 bits per heavy atom. The van der Waals surface area contributed by atoms with Gasteiger partial charge in [0.1, 0.15) is 5.60 Å². The van der Waals surface area contributed by atoms with Crippen LogP contribution >= 0.6 is 0 Å². The molecule has 0 radical (unpaired) electrons. The first-order valence-corrected chi connectivity index (χ1v) is 6.56. The molecule has 0 aromatic carbocycles. The highest BCUT2D eigenvalue weighted by molar-refractivity contribution is 5.69. The highest BCUT2D eigenvalue weighted by atomic mass is 16.6. The molecule has 1 saturated carbocycles. The van der Waals surface area contributed by atoms with Crippen LogP contribution in [0.5, 0.6) is 0 Å². The van der Waals surface area contributed by atoms with Gasteiger partial charge in [-0.3, -0.25) is 0 Å². The number of nitrogens with zero attached hydrogens (tertiary/aromatic N) is 1. The summed E-state index contributed by atoms with van der Waals surface area (Å²) in [5, 5.41) is 9.93. The first kappa shape index (κ1) is 12.7. The Morgan fingerprint density at radius 1 is 1.29 bits per heavy atom. The van der Waals surface area contributed by atoms with Crippen LogP contribution in [-0.2, 0) is 4.74 Å². The number of fused-ring (bicyclic) bond motifs is 1. The highest BCUT2D eigenvalue weighted by Crippen LogP contribution is 2.37. The maximum Gasteiger partial charge on any atom is 0.410 e. The van der Waals surface area contributed by atoms with Gasteiger partial charge in [-0.05, 0) is 46.5 Å². The quantitative estimate of drug-likeness (QED) is 0.707. The lowest BCUT2D eigenvalue weighted by atomic mass is 9.83. The molecule has 1 aliphatic carbocycles. The number of aliphatic hydroxyl groups excluding tert-OH is 1. The van der Waals surface area contributed by atoms with Gasteiger partial charge in [-0.2, -0.15) is 0 Å². The summed E-state index contributed by atoms with van der Waals surface area (Å²) in [4.78, 5) is 13.9. The fourth-order valence-electron chi connectivity index (χ4n) is 2.99. The first-order valence-electron chi connectivity index (χ1n) is 6.56. The number of carbonyl (C=O) groups excluding carboxylic acids is 1. The van der Waals surface area contributed by atoms with Gasteiger partial charge in [0.25, 0.3) is 0 Å². The Bertz CT molecular complexity index is 298. The van der Waals surface area contributed by atoms with Gasteiger partial charge in [0, 0.05) is 18.5 Å². The smallest absolute Gasteiger partial charge is 0.410 e. The number of amides is 1. The van der Waals surface area contributed by atoms with Crippen molar-refractivity contribution < 1.29 is 14.6 Å². The van der Waals surface area contributed by atoms with Gasteiger partial charge >= 0.3 is 6.09 Å². The predicted molar refractivity (Wildman–Crippen MR) is 64.7 cm³/mol. The fourth-order valence-corrected chi connectivity index (χ4v) is 2.99. The molecule has 0 spiro atoms. The zero-order valence-electron chi connectivity index (χ0n) is 11.0. The molecule has 1 N–H and O–H groups in total. The molecule has 1 aliphatic heterocycles. The Balaban J connectivity index is 2.01. The maximum absolute atomic E-state index is 12.0. The van der Waals surface area contributed by atoms with Gasteiger partial charge in [0.05, 0.1) is 6.10 Å². The van der Waals surface area contributed by atoms with Crippen LogP contribution in [0.1, 0.15) is 46.5 Å². The van der Waals surface area contributed by atoms with E-state index in [1.54, 1.807) is 0 Å². The van der Waals surface area contributed by atoms with Gasteiger partial charge in [0.15, 0.2) is 0 Å². The number of ether oxygens (including phenoxy) is 1. The van der Waals surface area contributed by atoms with Crippen molar-refractivity contribution in [1.29, 1.82) is 0 Å². The summed E-state index contributed by atoms with van der Waals surface area (Å²) >= 11 is 0. The molecule has 0 aromatic rings. The van der Waals surface area contributed by atoms with E-state index in [-0.39, 0.29) is 24.2 Å². The van der Waals surface area contributed by atoms with Crippen LogP contribution in [0.4, 0.5) is 4.79 Å². The van der Waals surface area contributed by atoms with E-state index in [9.17, 15) is 9.90 Å². The van der Waals surface area contributed by atoms with Crippen molar-refractivity contribution in [2.45, 2.75) is 64.2 Å². The molecule has 0 unspecified atom stereocenters. The highest BCUT2D eigenvalue weighted by Gasteiger charge is 2.43. The molecule has 2 rings (SSSR count). The molecule has 1 heterocycles. The lowest BCUT2D eigenvalue weighted by Gasteiger charge is -2.35. The van der Waals surface area contributed by atoms with Crippen LogP contribution in [-0.4, -0.2) is 40.4 Å². The maximum atomic E-state index is 12.0. The lowest BCUT2D eigenvalue weighted by Crippen LogP contribution is -2.45. The van der Waals surface area contributed by atoms with Crippen molar-refractivity contribution in [3.8, 4) is 0 Å². The Labute approximate surface area is 103 Å². The summed E-state index contributed by atoms with van der Waals surface area (Å²) < 4.78 is 5.41. The lowest BCUT2D eigenvalue weighted by molar-refractivity contribution is 0.00481. The minimum Gasteiger partial charge on any atom is -0.444 e. The van der Waals surface area contributed by atoms with Crippen LogP contribution in [0.25, 0.3) is 0 Å². The number of likely N-dealkylation sites (tertiary alicyclic amines) is 1. The summed E-state index contributed by atoms with van der Waals surface area (Å²) in [5.74, 6) is 0.260. The molecular formula is C13H23NO3. The van der Waals surface area contributed by atoms with Crippen LogP contribution < -0.4 is 0 Å². The minimum absolute atomic E-state index is 0.189. The monoisotopic (exact) mass is 241 g/mol. The van der Waals surface area contributed by atoms with Crippen LogP contribution in [0.3, 0.4) is 0 Å². The SMILES string of the molecule is CC(C)(C)OC(=O)N1CC[C@@H]2[C@H](O)CCC[C@H]21. The fraction of sp³-hybridized carbons (Fsp3) is 0.923. The average molecular weight is 241 g/mol. The second kappa shape index (κ2) is 4.48. The Kier molecular flexibility index (Phi) is 3.34. The van der Waals surface area contributed by atoms with Crippen molar-refractivity contribution in [3.63, 3.8) is 0 Å². The first-order chi connectivity index (χ1) is 7.88. The van der Waals surface area contributed by atoms with E-state index in [0.717, 1.165) is 32.2 Å². The van der Waals surface area contributed by atoms with Crippen LogP contribution in [0, 0.1) is 5.92 Å². The molecule has 0 bridgehead atoms. The third-order valence-corrected chi connectivity index (χ3v) is 3.72. The molecule has 4 nitrogen and oxygen atoms in total. The molecule has 3 atom stereocenters. The topological polar surface area (TPSA) is 49.8 Å². The number of rotatable bonds is 0. The summed E-state index contributed by atoms with van der Waals surface area (Å²) in [5.41, 5.74) is -0.442. The van der Waals surface area contributed by atoms with Crippen LogP contribution in [0.2, 0.25) is 0 Å². The molecule has 4 heteroatoms. The van der Waals surface area contributed by atoms with Crippen molar-refractivity contribution in [1.82, 2.24) is 4.90 Å². The molecule has 1 saturated heterocycles. The Hall–Kier alpha value is -0.770. The molecule has 1 amide bonds. The summed E-state index contributed by atoms with van der Waals surface area (Å²) in [6.07, 6.45) is 3.33. The van der Waals surface area contributed by atoms with Crippen LogP contribution in [0.15, 0.2) is 0 Å². The third-order valence-electron chi connectivity index (χ3n) is 3.72. The van der Waals surface area contributed by atoms with Gasteiger partial charge in [-0.1, -0.05) is 0 Å². The van der Waals surface area contributed by atoms with E-state index in [1.165, 1.54) is 0 Å². The number of hydrogen-bond donors (Lipinski definition) is 1. The van der Waals surface area contributed by atoms with E-state index in [0.29, 0.717) is 0 Å². The normalized spacial score (nSPS) is 33.4. The van der Waals surface area contributed by atoms with Gasteiger partial charge in [-0.25, -0.2) is 4.79 Å². The van der Waals surface area contributed by atoms with Gasteiger partial charge < -0.3 is 14.7 Å². The minimum atomic E-state index is -0.442. The number of carbonyl (C=O) groups is 1. The molecule has 17 heavy (non-hydrogen) atoms.